The summed E-state index contributed by atoms with van der Waals surface area (Å²) in [4.78, 5) is 39.9. The highest BCUT2D eigenvalue weighted by atomic mass is 16.2. The predicted molar refractivity (Wildman–Crippen MR) is 95.8 cm³/mol. The van der Waals surface area contributed by atoms with Crippen LogP contribution in [0, 0.1) is 5.92 Å². The Morgan fingerprint density at radius 1 is 1.04 bits per heavy atom. The van der Waals surface area contributed by atoms with Crippen LogP contribution >= 0.6 is 0 Å². The van der Waals surface area contributed by atoms with Crippen LogP contribution in [-0.4, -0.2) is 29.1 Å². The zero-order chi connectivity index (χ0) is 18.4. The summed E-state index contributed by atoms with van der Waals surface area (Å²) in [5.74, 6) is -0.442. The molecule has 6 nitrogen and oxygen atoms in total. The van der Waals surface area contributed by atoms with Gasteiger partial charge in [-0.05, 0) is 37.1 Å². The third kappa shape index (κ3) is 5.24. The van der Waals surface area contributed by atoms with E-state index in [1.807, 2.05) is 13.8 Å². The first-order valence-corrected chi connectivity index (χ1v) is 8.03. The van der Waals surface area contributed by atoms with Crippen molar-refractivity contribution in [3.8, 4) is 0 Å². The average Bonchev–Trinajstić information content (AvgIpc) is 2.60. The number of carbonyl (C=O) groups excluding carboxylic acids is 3. The summed E-state index contributed by atoms with van der Waals surface area (Å²) in [7, 11) is 0. The van der Waals surface area contributed by atoms with Gasteiger partial charge in [-0.3, -0.25) is 19.4 Å². The van der Waals surface area contributed by atoms with Gasteiger partial charge in [-0.15, -0.1) is 0 Å². The van der Waals surface area contributed by atoms with Crippen molar-refractivity contribution in [2.24, 2.45) is 5.92 Å². The van der Waals surface area contributed by atoms with E-state index in [1.165, 1.54) is 19.2 Å². The van der Waals surface area contributed by atoms with Gasteiger partial charge in [-0.25, -0.2) is 0 Å². The van der Waals surface area contributed by atoms with Gasteiger partial charge in [0.05, 0.1) is 0 Å². The molecule has 0 atom stereocenters. The Labute approximate surface area is 146 Å². The minimum atomic E-state index is -0.445. The van der Waals surface area contributed by atoms with Crippen molar-refractivity contribution in [3.05, 3.63) is 59.4 Å². The van der Waals surface area contributed by atoms with Crippen LogP contribution < -0.4 is 10.6 Å². The molecule has 0 saturated carbocycles. The quantitative estimate of drug-likeness (QED) is 0.792. The fourth-order valence-corrected chi connectivity index (χ4v) is 2.11. The monoisotopic (exact) mass is 339 g/mol. The van der Waals surface area contributed by atoms with E-state index in [-0.39, 0.29) is 17.4 Å². The highest BCUT2D eigenvalue weighted by Crippen LogP contribution is 2.13. The van der Waals surface area contributed by atoms with Crippen molar-refractivity contribution in [2.45, 2.75) is 20.8 Å². The minimum absolute atomic E-state index is 0.0851. The molecule has 1 aromatic carbocycles. The smallest absolute Gasteiger partial charge is 0.274 e. The largest absolute Gasteiger partial charge is 0.352 e. The Morgan fingerprint density at radius 3 is 2.48 bits per heavy atom. The molecule has 1 heterocycles. The molecule has 25 heavy (non-hydrogen) atoms. The molecule has 0 aliphatic carbocycles. The Morgan fingerprint density at radius 2 is 1.80 bits per heavy atom. The first-order chi connectivity index (χ1) is 11.9. The fraction of sp³-hybridized carbons (Fsp3) is 0.263. The number of ketones is 1. The molecule has 0 spiro atoms. The van der Waals surface area contributed by atoms with E-state index in [0.29, 0.717) is 29.3 Å². The lowest BCUT2D eigenvalue weighted by Gasteiger charge is -2.09. The number of hydrogen-bond acceptors (Lipinski definition) is 4. The van der Waals surface area contributed by atoms with Gasteiger partial charge in [0.2, 0.25) is 0 Å². The number of benzene rings is 1. The van der Waals surface area contributed by atoms with E-state index in [4.69, 9.17) is 0 Å². The molecule has 0 aliphatic heterocycles. The maximum atomic E-state index is 12.3. The third-order valence-corrected chi connectivity index (χ3v) is 3.45. The summed E-state index contributed by atoms with van der Waals surface area (Å²) in [6.45, 7) is 6.02. The van der Waals surface area contributed by atoms with Crippen molar-refractivity contribution in [2.75, 3.05) is 11.9 Å². The zero-order valence-electron chi connectivity index (χ0n) is 14.5. The second-order valence-electron chi connectivity index (χ2n) is 6.12. The Kier molecular flexibility index (Phi) is 6.00. The summed E-state index contributed by atoms with van der Waals surface area (Å²) >= 11 is 0. The van der Waals surface area contributed by atoms with Crippen LogP contribution in [0.4, 0.5) is 5.69 Å². The van der Waals surface area contributed by atoms with E-state index in [0.717, 1.165) is 0 Å². The lowest BCUT2D eigenvalue weighted by molar-refractivity contribution is 0.0948. The van der Waals surface area contributed by atoms with Gasteiger partial charge in [-0.2, -0.15) is 0 Å². The molecule has 2 rings (SSSR count). The van der Waals surface area contributed by atoms with Crippen molar-refractivity contribution in [1.29, 1.82) is 0 Å². The van der Waals surface area contributed by atoms with Crippen LogP contribution in [0.15, 0.2) is 42.6 Å². The lowest BCUT2D eigenvalue weighted by atomic mass is 10.1. The molecule has 6 heteroatoms. The second-order valence-corrected chi connectivity index (χ2v) is 6.12. The Hall–Kier alpha value is -3.02. The van der Waals surface area contributed by atoms with Gasteiger partial charge in [0.15, 0.2) is 5.78 Å². The lowest BCUT2D eigenvalue weighted by Crippen LogP contribution is -2.27. The zero-order valence-corrected chi connectivity index (χ0v) is 14.5. The van der Waals surface area contributed by atoms with Crippen LogP contribution in [0.2, 0.25) is 0 Å². The molecule has 0 radical (unpaired) electrons. The summed E-state index contributed by atoms with van der Waals surface area (Å²) in [6, 6.07) is 9.65. The second kappa shape index (κ2) is 8.19. The molecular weight excluding hydrogens is 318 g/mol. The van der Waals surface area contributed by atoms with E-state index < -0.39 is 5.91 Å². The molecule has 0 fully saturated rings. The summed E-state index contributed by atoms with van der Waals surface area (Å²) < 4.78 is 0. The van der Waals surface area contributed by atoms with Gasteiger partial charge in [0, 0.05) is 29.6 Å². The van der Waals surface area contributed by atoms with Crippen molar-refractivity contribution < 1.29 is 14.4 Å². The molecule has 1 aromatic heterocycles. The van der Waals surface area contributed by atoms with Crippen molar-refractivity contribution in [3.63, 3.8) is 0 Å². The first kappa shape index (κ1) is 18.3. The number of anilines is 1. The molecule has 130 valence electrons. The Bertz CT molecular complexity index is 800. The van der Waals surface area contributed by atoms with Crippen LogP contribution in [0.1, 0.15) is 52.0 Å². The number of aromatic nitrogens is 1. The van der Waals surface area contributed by atoms with Crippen LogP contribution in [0.5, 0.6) is 0 Å². The molecule has 0 aliphatic rings. The standard InChI is InChI=1S/C19H21N3O3/c1-12(2)11-21-18(24)15-7-8-20-17(10-15)19(25)22-16-6-4-5-14(9-16)13(3)23/h4-10,12H,11H2,1-3H3,(H,21,24)(H,22,25). The maximum absolute atomic E-state index is 12.3. The van der Waals surface area contributed by atoms with E-state index in [9.17, 15) is 14.4 Å². The summed E-state index contributed by atoms with van der Waals surface area (Å²) in [5, 5.41) is 5.48. The van der Waals surface area contributed by atoms with Gasteiger partial charge >= 0.3 is 0 Å². The maximum Gasteiger partial charge on any atom is 0.274 e. The molecule has 0 saturated heterocycles. The van der Waals surface area contributed by atoms with Crippen molar-refractivity contribution >= 4 is 23.3 Å². The SMILES string of the molecule is CC(=O)c1cccc(NC(=O)c2cc(C(=O)NCC(C)C)ccn2)c1. The van der Waals surface area contributed by atoms with Gasteiger partial charge in [-0.1, -0.05) is 26.0 Å². The minimum Gasteiger partial charge on any atom is -0.352 e. The number of Topliss-reactive ketones (excluding diaryl/α,β-unsaturated/α-hetero) is 1. The fourth-order valence-electron chi connectivity index (χ4n) is 2.11. The molecule has 2 amide bonds. The molecule has 2 aromatic rings. The molecule has 0 unspecified atom stereocenters. The van der Waals surface area contributed by atoms with Gasteiger partial charge < -0.3 is 10.6 Å². The van der Waals surface area contributed by atoms with Gasteiger partial charge in [0.25, 0.3) is 11.8 Å². The van der Waals surface area contributed by atoms with Crippen LogP contribution in [0.25, 0.3) is 0 Å². The molecular formula is C19H21N3O3. The number of carbonyl (C=O) groups is 3. The summed E-state index contributed by atoms with van der Waals surface area (Å²) in [5.41, 5.74) is 1.51. The predicted octanol–water partition coefficient (Wildman–Crippen LogP) is 2.92. The number of hydrogen-bond donors (Lipinski definition) is 2. The van der Waals surface area contributed by atoms with Crippen LogP contribution in [-0.2, 0) is 0 Å². The van der Waals surface area contributed by atoms with E-state index in [2.05, 4.69) is 15.6 Å². The van der Waals surface area contributed by atoms with Crippen LogP contribution in [0.3, 0.4) is 0 Å². The topological polar surface area (TPSA) is 88.2 Å². The Balaban J connectivity index is 2.12. The molecule has 2 N–H and O–H groups in total. The van der Waals surface area contributed by atoms with E-state index >= 15 is 0 Å². The number of nitrogens with zero attached hydrogens (tertiary/aromatic N) is 1. The summed E-state index contributed by atoms with van der Waals surface area (Å²) in [6.07, 6.45) is 1.42. The highest BCUT2D eigenvalue weighted by molar-refractivity contribution is 6.05. The average molecular weight is 339 g/mol. The third-order valence-electron chi connectivity index (χ3n) is 3.45. The number of nitrogens with one attached hydrogen (secondary N) is 2. The van der Waals surface area contributed by atoms with Gasteiger partial charge in [0.1, 0.15) is 5.69 Å². The van der Waals surface area contributed by atoms with E-state index in [1.54, 1.807) is 30.3 Å². The highest BCUT2D eigenvalue weighted by Gasteiger charge is 2.13. The normalized spacial score (nSPS) is 10.4. The number of pyridine rings is 1. The number of amides is 2. The molecule has 0 bridgehead atoms. The first-order valence-electron chi connectivity index (χ1n) is 8.03. The van der Waals surface area contributed by atoms with Crippen molar-refractivity contribution in [1.82, 2.24) is 10.3 Å². The number of rotatable bonds is 6.